The van der Waals surface area contributed by atoms with Gasteiger partial charge in [0, 0.05) is 5.75 Å². The minimum atomic E-state index is -0.595. The Morgan fingerprint density at radius 3 is 2.90 bits per heavy atom. The molecule has 0 aliphatic carbocycles. The molecule has 1 atom stereocenters. The van der Waals surface area contributed by atoms with Crippen LogP contribution in [0, 0.1) is 0 Å². The smallest absolute Gasteiger partial charge is 0.323 e. The second kappa shape index (κ2) is 5.82. The summed E-state index contributed by atoms with van der Waals surface area (Å²) in [4.78, 5) is 10.7. The van der Waals surface area contributed by atoms with E-state index in [0.29, 0.717) is 12.4 Å². The molecule has 60 valence electrons. The lowest BCUT2D eigenvalue weighted by atomic mass is 10.4. The summed E-state index contributed by atoms with van der Waals surface area (Å²) in [6.07, 6.45) is 0. The molecule has 0 aromatic carbocycles. The number of carbonyl (C=O) groups excluding carboxylic acids is 1. The van der Waals surface area contributed by atoms with Crippen LogP contribution in [0.15, 0.2) is 0 Å². The summed E-state index contributed by atoms with van der Waals surface area (Å²) in [6, 6.07) is -0.595. The fourth-order valence-corrected chi connectivity index (χ4v) is 1.06. The maximum Gasteiger partial charge on any atom is 0.323 e. The van der Waals surface area contributed by atoms with Crippen LogP contribution in [0.2, 0.25) is 0 Å². The van der Waals surface area contributed by atoms with Crippen LogP contribution in [0.3, 0.4) is 0 Å². The van der Waals surface area contributed by atoms with Gasteiger partial charge >= 0.3 is 5.97 Å². The summed E-state index contributed by atoms with van der Waals surface area (Å²) in [7, 11) is 6.28. The van der Waals surface area contributed by atoms with Gasteiger partial charge in [0.25, 0.3) is 0 Å². The van der Waals surface area contributed by atoms with Gasteiger partial charge in [0.15, 0.2) is 0 Å². The standard InChI is InChI=1S/C5H10ClNO2S/c1-2-9-5(8)4(7)3-10-6/h4H,2-3,7H2,1H3. The third kappa shape index (κ3) is 3.98. The number of nitrogens with two attached hydrogens (primary N) is 1. The molecule has 0 fully saturated rings. The Kier molecular flexibility index (Phi) is 5.87. The van der Waals surface area contributed by atoms with Crippen LogP contribution in [0.25, 0.3) is 0 Å². The van der Waals surface area contributed by atoms with Crippen LogP contribution in [0.1, 0.15) is 6.92 Å². The van der Waals surface area contributed by atoms with Gasteiger partial charge in [-0.1, -0.05) is 11.0 Å². The number of rotatable bonds is 4. The molecule has 10 heavy (non-hydrogen) atoms. The van der Waals surface area contributed by atoms with Crippen molar-refractivity contribution >= 4 is 27.6 Å². The fourth-order valence-electron chi connectivity index (χ4n) is 0.385. The van der Waals surface area contributed by atoms with Crippen LogP contribution in [-0.2, 0) is 9.53 Å². The van der Waals surface area contributed by atoms with Crippen molar-refractivity contribution in [2.45, 2.75) is 13.0 Å². The lowest BCUT2D eigenvalue weighted by Gasteiger charge is -2.06. The number of halogens is 1. The molecule has 2 N–H and O–H groups in total. The molecule has 0 bridgehead atoms. The molecule has 0 aromatic heterocycles. The molecule has 0 spiro atoms. The number of ether oxygens (including phenoxy) is 1. The summed E-state index contributed by atoms with van der Waals surface area (Å²) < 4.78 is 4.62. The quantitative estimate of drug-likeness (QED) is 0.654. The molecule has 3 nitrogen and oxygen atoms in total. The maximum absolute atomic E-state index is 10.7. The SMILES string of the molecule is CCOC(=O)C(N)CSCl. The molecular weight excluding hydrogens is 174 g/mol. The number of hydrogen-bond donors (Lipinski definition) is 1. The summed E-state index contributed by atoms with van der Waals surface area (Å²) in [5.41, 5.74) is 5.33. The normalized spacial score (nSPS) is 12.7. The van der Waals surface area contributed by atoms with Crippen LogP contribution in [0.5, 0.6) is 0 Å². The molecule has 0 radical (unpaired) electrons. The van der Waals surface area contributed by atoms with Crippen molar-refractivity contribution in [3.8, 4) is 0 Å². The Bertz CT molecular complexity index is 112. The highest BCUT2D eigenvalue weighted by molar-refractivity contribution is 8.21. The molecule has 0 amide bonds. The molecule has 0 saturated carbocycles. The van der Waals surface area contributed by atoms with E-state index in [1.54, 1.807) is 6.92 Å². The van der Waals surface area contributed by atoms with E-state index >= 15 is 0 Å². The first kappa shape index (κ1) is 10.1. The zero-order chi connectivity index (χ0) is 7.98. The molecule has 0 rings (SSSR count). The molecule has 1 unspecified atom stereocenters. The molecular formula is C5H10ClNO2S. The zero-order valence-corrected chi connectivity index (χ0v) is 7.24. The third-order valence-electron chi connectivity index (χ3n) is 0.832. The van der Waals surface area contributed by atoms with E-state index in [0.717, 1.165) is 11.0 Å². The van der Waals surface area contributed by atoms with Crippen LogP contribution in [0.4, 0.5) is 0 Å². The van der Waals surface area contributed by atoms with Crippen molar-refractivity contribution in [3.05, 3.63) is 0 Å². The first-order chi connectivity index (χ1) is 4.72. The summed E-state index contributed by atoms with van der Waals surface area (Å²) in [5, 5.41) is 0. The Morgan fingerprint density at radius 2 is 2.50 bits per heavy atom. The summed E-state index contributed by atoms with van der Waals surface area (Å²) in [6.45, 7) is 2.10. The Morgan fingerprint density at radius 1 is 1.90 bits per heavy atom. The molecule has 0 aliphatic heterocycles. The van der Waals surface area contributed by atoms with Gasteiger partial charge in [-0.2, -0.15) is 0 Å². The van der Waals surface area contributed by atoms with Crippen LogP contribution < -0.4 is 5.73 Å². The highest BCUT2D eigenvalue weighted by atomic mass is 35.7. The van der Waals surface area contributed by atoms with Crippen molar-refractivity contribution in [2.24, 2.45) is 5.73 Å². The maximum atomic E-state index is 10.7. The average molecular weight is 184 g/mol. The first-order valence-corrected chi connectivity index (χ1v) is 4.69. The van der Waals surface area contributed by atoms with Gasteiger partial charge in [0.1, 0.15) is 6.04 Å². The van der Waals surface area contributed by atoms with Gasteiger partial charge in [-0.15, -0.1) is 0 Å². The van der Waals surface area contributed by atoms with E-state index in [9.17, 15) is 4.79 Å². The fraction of sp³-hybridized carbons (Fsp3) is 0.800. The second-order valence-corrected chi connectivity index (χ2v) is 2.84. The second-order valence-electron chi connectivity index (χ2n) is 1.63. The Balaban J connectivity index is 3.49. The van der Waals surface area contributed by atoms with Crippen molar-refractivity contribution in [2.75, 3.05) is 12.4 Å². The number of esters is 1. The van der Waals surface area contributed by atoms with E-state index in [2.05, 4.69) is 4.74 Å². The van der Waals surface area contributed by atoms with Gasteiger partial charge in [-0.3, -0.25) is 4.79 Å². The monoisotopic (exact) mass is 183 g/mol. The third-order valence-corrected chi connectivity index (χ3v) is 1.69. The number of hydrogen-bond acceptors (Lipinski definition) is 4. The molecule has 5 heteroatoms. The van der Waals surface area contributed by atoms with Crippen LogP contribution >= 0.6 is 21.7 Å². The number of carbonyl (C=O) groups is 1. The molecule has 0 heterocycles. The largest absolute Gasteiger partial charge is 0.465 e. The van der Waals surface area contributed by atoms with Crippen molar-refractivity contribution in [1.29, 1.82) is 0 Å². The van der Waals surface area contributed by atoms with E-state index in [4.69, 9.17) is 16.4 Å². The van der Waals surface area contributed by atoms with Gasteiger partial charge in [-0.05, 0) is 17.6 Å². The Labute approximate surface area is 68.7 Å². The van der Waals surface area contributed by atoms with E-state index in [-0.39, 0.29) is 0 Å². The minimum absolute atomic E-state index is 0.361. The van der Waals surface area contributed by atoms with E-state index in [1.807, 2.05) is 0 Å². The lowest BCUT2D eigenvalue weighted by molar-refractivity contribution is -0.144. The van der Waals surface area contributed by atoms with Gasteiger partial charge in [-0.25, -0.2) is 0 Å². The van der Waals surface area contributed by atoms with Crippen molar-refractivity contribution in [1.82, 2.24) is 0 Å². The Hall–Kier alpha value is 0.0700. The average Bonchev–Trinajstić information content (AvgIpc) is 1.89. The molecule has 0 aromatic rings. The minimum Gasteiger partial charge on any atom is -0.465 e. The van der Waals surface area contributed by atoms with Crippen molar-refractivity contribution < 1.29 is 9.53 Å². The van der Waals surface area contributed by atoms with Crippen LogP contribution in [-0.4, -0.2) is 24.4 Å². The zero-order valence-electron chi connectivity index (χ0n) is 5.67. The molecule has 0 saturated heterocycles. The van der Waals surface area contributed by atoms with Gasteiger partial charge in [0.05, 0.1) is 6.61 Å². The predicted molar refractivity (Wildman–Crippen MR) is 42.9 cm³/mol. The molecule has 0 aliphatic rings. The van der Waals surface area contributed by atoms with E-state index in [1.165, 1.54) is 0 Å². The van der Waals surface area contributed by atoms with Gasteiger partial charge in [0.2, 0.25) is 0 Å². The summed E-state index contributed by atoms with van der Waals surface area (Å²) >= 11 is 0. The predicted octanol–water partition coefficient (Wildman–Crippen LogP) is 0.764. The summed E-state index contributed by atoms with van der Waals surface area (Å²) in [5.74, 6) is -0.00364. The van der Waals surface area contributed by atoms with E-state index < -0.39 is 12.0 Å². The first-order valence-electron chi connectivity index (χ1n) is 2.88. The highest BCUT2D eigenvalue weighted by Gasteiger charge is 2.13. The van der Waals surface area contributed by atoms with Gasteiger partial charge < -0.3 is 10.5 Å². The topological polar surface area (TPSA) is 52.3 Å². The lowest BCUT2D eigenvalue weighted by Crippen LogP contribution is -2.34. The highest BCUT2D eigenvalue weighted by Crippen LogP contribution is 2.06. The van der Waals surface area contributed by atoms with Crippen molar-refractivity contribution in [3.63, 3.8) is 0 Å².